The van der Waals surface area contributed by atoms with Crippen LogP contribution < -0.4 is 5.32 Å². The van der Waals surface area contributed by atoms with E-state index in [4.69, 9.17) is 4.74 Å². The molecule has 0 aromatic rings. The van der Waals surface area contributed by atoms with Gasteiger partial charge in [-0.25, -0.2) is 0 Å². The molecule has 2 nitrogen and oxygen atoms in total. The van der Waals surface area contributed by atoms with Crippen LogP contribution in [0.4, 0.5) is 0 Å². The largest absolute Gasteiger partial charge is 0.374 e. The van der Waals surface area contributed by atoms with Crippen molar-refractivity contribution >= 4 is 0 Å². The molecule has 0 amide bonds. The van der Waals surface area contributed by atoms with Gasteiger partial charge < -0.3 is 10.1 Å². The fourth-order valence-electron chi connectivity index (χ4n) is 3.61. The van der Waals surface area contributed by atoms with E-state index < -0.39 is 0 Å². The predicted octanol–water partition coefficient (Wildman–Crippen LogP) is 4.53. The van der Waals surface area contributed by atoms with E-state index >= 15 is 0 Å². The molecule has 0 saturated heterocycles. The molecule has 118 valence electrons. The van der Waals surface area contributed by atoms with Gasteiger partial charge in [0.25, 0.3) is 0 Å². The molecule has 0 aromatic heterocycles. The first-order chi connectivity index (χ1) is 9.78. The molecular formula is C18H35NO. The summed E-state index contributed by atoms with van der Waals surface area (Å²) in [5.41, 5.74) is 0.161. The normalized spacial score (nSPS) is 30.6. The van der Waals surface area contributed by atoms with E-state index in [9.17, 15) is 0 Å². The van der Waals surface area contributed by atoms with Crippen LogP contribution >= 0.6 is 0 Å². The highest BCUT2D eigenvalue weighted by atomic mass is 16.5. The summed E-state index contributed by atoms with van der Waals surface area (Å²) >= 11 is 0. The van der Waals surface area contributed by atoms with E-state index in [1.807, 2.05) is 0 Å². The molecule has 2 aliphatic rings. The lowest BCUT2D eigenvalue weighted by molar-refractivity contribution is -0.0786. The summed E-state index contributed by atoms with van der Waals surface area (Å²) in [5.74, 6) is 1.96. The highest BCUT2D eigenvalue weighted by Crippen LogP contribution is 2.38. The monoisotopic (exact) mass is 281 g/mol. The molecule has 0 spiro atoms. The third kappa shape index (κ3) is 5.37. The van der Waals surface area contributed by atoms with E-state index in [1.165, 1.54) is 64.2 Å². The minimum atomic E-state index is 0.161. The molecule has 0 heterocycles. The minimum absolute atomic E-state index is 0.161. The van der Waals surface area contributed by atoms with Crippen molar-refractivity contribution in [3.63, 3.8) is 0 Å². The highest BCUT2D eigenvalue weighted by Gasteiger charge is 2.36. The summed E-state index contributed by atoms with van der Waals surface area (Å²) in [7, 11) is 0. The van der Waals surface area contributed by atoms with Crippen molar-refractivity contribution in [2.75, 3.05) is 19.7 Å². The molecule has 2 fully saturated rings. The zero-order valence-corrected chi connectivity index (χ0v) is 13.8. The van der Waals surface area contributed by atoms with Crippen molar-refractivity contribution in [2.45, 2.75) is 83.7 Å². The lowest BCUT2D eigenvalue weighted by Gasteiger charge is -2.40. The van der Waals surface area contributed by atoms with Gasteiger partial charge in [-0.2, -0.15) is 0 Å². The molecule has 2 heteroatoms. The van der Waals surface area contributed by atoms with Crippen LogP contribution in [0.1, 0.15) is 78.1 Å². The summed E-state index contributed by atoms with van der Waals surface area (Å²) in [4.78, 5) is 0. The van der Waals surface area contributed by atoms with Crippen molar-refractivity contribution in [1.29, 1.82) is 0 Å². The molecule has 0 aliphatic heterocycles. The van der Waals surface area contributed by atoms with Crippen LogP contribution in [0, 0.1) is 11.8 Å². The molecule has 2 saturated carbocycles. The Bertz CT molecular complexity index is 254. The molecule has 1 N–H and O–H groups in total. The van der Waals surface area contributed by atoms with Gasteiger partial charge in [0.15, 0.2) is 0 Å². The maximum absolute atomic E-state index is 6.43. The van der Waals surface area contributed by atoms with Gasteiger partial charge in [-0.05, 0) is 56.9 Å². The van der Waals surface area contributed by atoms with Crippen LogP contribution in [0.15, 0.2) is 0 Å². The Hall–Kier alpha value is -0.0800. The fraction of sp³-hybridized carbons (Fsp3) is 1.00. The van der Waals surface area contributed by atoms with Gasteiger partial charge in [-0.3, -0.25) is 0 Å². The van der Waals surface area contributed by atoms with E-state index in [2.05, 4.69) is 19.2 Å². The molecular weight excluding hydrogens is 246 g/mol. The first-order valence-corrected chi connectivity index (χ1v) is 9.12. The standard InChI is InChI=1S/C18H35NO/c1-3-5-16-8-11-18(12-9-16,15-19-13-4-2)20-14-10-17-6-7-17/h16-17,19H,3-15H2,1-2H3. The van der Waals surface area contributed by atoms with Crippen LogP contribution in [0.2, 0.25) is 0 Å². The Morgan fingerprint density at radius 1 is 0.950 bits per heavy atom. The van der Waals surface area contributed by atoms with E-state index in [0.717, 1.165) is 31.5 Å². The quantitative estimate of drug-likeness (QED) is 0.594. The summed E-state index contributed by atoms with van der Waals surface area (Å²) in [6.07, 6.45) is 13.5. The van der Waals surface area contributed by atoms with Gasteiger partial charge in [0.1, 0.15) is 0 Å². The maximum Gasteiger partial charge on any atom is 0.0806 e. The van der Waals surface area contributed by atoms with E-state index in [0.29, 0.717) is 0 Å². The molecule has 0 atom stereocenters. The van der Waals surface area contributed by atoms with Gasteiger partial charge in [0.2, 0.25) is 0 Å². The second-order valence-electron chi connectivity index (χ2n) is 7.17. The number of hydrogen-bond donors (Lipinski definition) is 1. The molecule has 2 aliphatic carbocycles. The smallest absolute Gasteiger partial charge is 0.0806 e. The fourth-order valence-corrected chi connectivity index (χ4v) is 3.61. The number of rotatable bonds is 10. The van der Waals surface area contributed by atoms with Crippen LogP contribution in [-0.2, 0) is 4.74 Å². The first kappa shape index (κ1) is 16.3. The predicted molar refractivity (Wildman–Crippen MR) is 86.1 cm³/mol. The second-order valence-corrected chi connectivity index (χ2v) is 7.17. The van der Waals surface area contributed by atoms with Crippen molar-refractivity contribution in [3.8, 4) is 0 Å². The Morgan fingerprint density at radius 2 is 1.65 bits per heavy atom. The number of nitrogens with one attached hydrogen (secondary N) is 1. The average Bonchev–Trinajstić information content (AvgIpc) is 3.26. The second kappa shape index (κ2) is 8.38. The average molecular weight is 281 g/mol. The number of ether oxygens (including phenoxy) is 1. The van der Waals surface area contributed by atoms with Gasteiger partial charge in [-0.15, -0.1) is 0 Å². The molecule has 0 aromatic carbocycles. The molecule has 0 bridgehead atoms. The summed E-state index contributed by atoms with van der Waals surface area (Å²) in [5, 5.41) is 3.62. The topological polar surface area (TPSA) is 21.3 Å². The third-order valence-corrected chi connectivity index (χ3v) is 5.22. The van der Waals surface area contributed by atoms with Gasteiger partial charge >= 0.3 is 0 Å². The summed E-state index contributed by atoms with van der Waals surface area (Å²) in [6, 6.07) is 0. The third-order valence-electron chi connectivity index (χ3n) is 5.22. The first-order valence-electron chi connectivity index (χ1n) is 9.12. The molecule has 0 unspecified atom stereocenters. The van der Waals surface area contributed by atoms with Crippen molar-refractivity contribution in [3.05, 3.63) is 0 Å². The zero-order valence-electron chi connectivity index (χ0n) is 13.8. The Balaban J connectivity index is 1.76. The SMILES string of the molecule is CCCNCC1(OCCC2CC2)CCC(CCC)CC1. The van der Waals surface area contributed by atoms with Crippen LogP contribution in [0.25, 0.3) is 0 Å². The molecule has 0 radical (unpaired) electrons. The summed E-state index contributed by atoms with van der Waals surface area (Å²) in [6.45, 7) is 7.76. The lowest BCUT2D eigenvalue weighted by Crippen LogP contribution is -2.46. The highest BCUT2D eigenvalue weighted by molar-refractivity contribution is 4.89. The maximum atomic E-state index is 6.43. The molecule has 2 rings (SSSR count). The Morgan fingerprint density at radius 3 is 2.25 bits per heavy atom. The van der Waals surface area contributed by atoms with Crippen LogP contribution in [0.5, 0.6) is 0 Å². The number of hydrogen-bond acceptors (Lipinski definition) is 2. The zero-order chi connectivity index (χ0) is 14.3. The Kier molecular flexibility index (Phi) is 6.83. The lowest BCUT2D eigenvalue weighted by atomic mass is 9.77. The van der Waals surface area contributed by atoms with Crippen LogP contribution in [0.3, 0.4) is 0 Å². The van der Waals surface area contributed by atoms with E-state index in [-0.39, 0.29) is 5.60 Å². The van der Waals surface area contributed by atoms with Crippen molar-refractivity contribution in [1.82, 2.24) is 5.32 Å². The van der Waals surface area contributed by atoms with Crippen molar-refractivity contribution in [2.24, 2.45) is 11.8 Å². The van der Waals surface area contributed by atoms with Gasteiger partial charge in [-0.1, -0.05) is 39.5 Å². The van der Waals surface area contributed by atoms with Gasteiger partial charge in [0, 0.05) is 13.2 Å². The van der Waals surface area contributed by atoms with Crippen LogP contribution in [-0.4, -0.2) is 25.3 Å². The van der Waals surface area contributed by atoms with Gasteiger partial charge in [0.05, 0.1) is 5.60 Å². The Labute approximate surface area is 126 Å². The van der Waals surface area contributed by atoms with E-state index in [1.54, 1.807) is 0 Å². The molecule has 20 heavy (non-hydrogen) atoms. The minimum Gasteiger partial charge on any atom is -0.374 e. The summed E-state index contributed by atoms with van der Waals surface area (Å²) < 4.78 is 6.43. The van der Waals surface area contributed by atoms with Crippen molar-refractivity contribution < 1.29 is 4.74 Å².